The van der Waals surface area contributed by atoms with Crippen molar-refractivity contribution in [2.24, 2.45) is 0 Å². The Morgan fingerprint density at radius 3 is 1.63 bits per heavy atom. The maximum atomic E-state index is 10.5. The van der Waals surface area contributed by atoms with Crippen molar-refractivity contribution in [1.29, 1.82) is 0 Å². The minimum atomic E-state index is -0.666. The third-order valence-electron chi connectivity index (χ3n) is 8.96. The molecular formula is C38H42O5. The van der Waals surface area contributed by atoms with Crippen molar-refractivity contribution < 1.29 is 24.4 Å². The van der Waals surface area contributed by atoms with Crippen LogP contribution in [0.15, 0.2) is 97.1 Å². The highest BCUT2D eigenvalue weighted by atomic mass is 16.5. The van der Waals surface area contributed by atoms with Gasteiger partial charge in [0.25, 0.3) is 0 Å². The van der Waals surface area contributed by atoms with E-state index in [0.29, 0.717) is 18.8 Å². The van der Waals surface area contributed by atoms with E-state index >= 15 is 0 Å². The minimum Gasteiger partial charge on any atom is -0.491 e. The lowest BCUT2D eigenvalue weighted by atomic mass is 9.68. The minimum absolute atomic E-state index is 0.192. The molecule has 0 heterocycles. The van der Waals surface area contributed by atoms with Crippen LogP contribution >= 0.6 is 0 Å². The lowest BCUT2D eigenvalue weighted by Gasteiger charge is -2.34. The van der Waals surface area contributed by atoms with Gasteiger partial charge < -0.3 is 24.4 Å². The normalized spacial score (nSPS) is 17.1. The fraction of sp³-hybridized carbons (Fsp3) is 0.368. The third kappa shape index (κ3) is 6.08. The fourth-order valence-electron chi connectivity index (χ4n) is 6.66. The molecule has 6 rings (SSSR count). The predicted molar refractivity (Wildman–Crippen MR) is 170 cm³/mol. The van der Waals surface area contributed by atoms with Gasteiger partial charge in [0.15, 0.2) is 0 Å². The standard InChI is InChI=1S/C38H42O5/c1-2-29(39)24-41-32-20-16-27(17-21-32)38(36-14-8-6-12-34(36)35-13-7-9-15-37(35)38)28-18-22-33(23-19-28)43-26-30(40)25-42-31-10-4-3-5-11-31/h6-9,12-23,29-31,39-40H,2-5,10-11,24-26H2,1H3. The molecule has 0 aliphatic heterocycles. The van der Waals surface area contributed by atoms with Gasteiger partial charge in [-0.3, -0.25) is 0 Å². The summed E-state index contributed by atoms with van der Waals surface area (Å²) in [6.45, 7) is 2.71. The summed E-state index contributed by atoms with van der Waals surface area (Å²) in [5, 5.41) is 20.5. The van der Waals surface area contributed by atoms with E-state index in [0.717, 1.165) is 29.7 Å². The second-order valence-electron chi connectivity index (χ2n) is 11.8. The van der Waals surface area contributed by atoms with Gasteiger partial charge in [-0.1, -0.05) is 99.0 Å². The van der Waals surface area contributed by atoms with E-state index in [2.05, 4.69) is 72.8 Å². The van der Waals surface area contributed by atoms with Gasteiger partial charge in [-0.25, -0.2) is 0 Å². The van der Waals surface area contributed by atoms with Crippen LogP contribution in [-0.4, -0.2) is 48.3 Å². The summed E-state index contributed by atoms with van der Waals surface area (Å²) in [4.78, 5) is 0. The van der Waals surface area contributed by atoms with E-state index in [1.165, 1.54) is 41.5 Å². The maximum absolute atomic E-state index is 10.5. The topological polar surface area (TPSA) is 68.2 Å². The van der Waals surface area contributed by atoms with Crippen molar-refractivity contribution in [2.75, 3.05) is 19.8 Å². The average molecular weight is 579 g/mol. The summed E-state index contributed by atoms with van der Waals surface area (Å²) in [6, 6.07) is 33.8. The van der Waals surface area contributed by atoms with Crippen molar-refractivity contribution in [3.8, 4) is 22.6 Å². The molecule has 1 fully saturated rings. The molecule has 43 heavy (non-hydrogen) atoms. The Labute approximate surface area is 255 Å². The van der Waals surface area contributed by atoms with E-state index in [1.807, 2.05) is 31.2 Å². The smallest absolute Gasteiger partial charge is 0.119 e. The highest BCUT2D eigenvalue weighted by Crippen LogP contribution is 2.56. The van der Waals surface area contributed by atoms with Crippen molar-refractivity contribution in [3.05, 3.63) is 119 Å². The first-order chi connectivity index (χ1) is 21.1. The second kappa shape index (κ2) is 13.3. The van der Waals surface area contributed by atoms with Crippen LogP contribution in [0.25, 0.3) is 11.1 Å². The van der Waals surface area contributed by atoms with Gasteiger partial charge in [-0.2, -0.15) is 0 Å². The van der Waals surface area contributed by atoms with Gasteiger partial charge in [-0.15, -0.1) is 0 Å². The Morgan fingerprint density at radius 1 is 0.628 bits per heavy atom. The summed E-state index contributed by atoms with van der Waals surface area (Å²) in [7, 11) is 0. The molecular weight excluding hydrogens is 536 g/mol. The van der Waals surface area contributed by atoms with Crippen LogP contribution in [0.3, 0.4) is 0 Å². The van der Waals surface area contributed by atoms with E-state index in [9.17, 15) is 10.2 Å². The Hall–Kier alpha value is -3.64. The number of hydrogen-bond acceptors (Lipinski definition) is 5. The van der Waals surface area contributed by atoms with Gasteiger partial charge in [0.2, 0.25) is 0 Å². The van der Waals surface area contributed by atoms with Crippen LogP contribution in [0, 0.1) is 0 Å². The monoisotopic (exact) mass is 578 g/mol. The van der Waals surface area contributed by atoms with Crippen LogP contribution in [0.1, 0.15) is 67.7 Å². The zero-order valence-electron chi connectivity index (χ0n) is 25.0. The quantitative estimate of drug-likeness (QED) is 0.163. The van der Waals surface area contributed by atoms with Crippen LogP contribution in [-0.2, 0) is 10.2 Å². The number of aliphatic hydroxyl groups is 2. The number of ether oxygens (including phenoxy) is 3. The van der Waals surface area contributed by atoms with Gasteiger partial charge in [0.05, 0.1) is 24.2 Å². The van der Waals surface area contributed by atoms with Crippen molar-refractivity contribution in [2.45, 2.75) is 69.2 Å². The molecule has 4 aromatic rings. The molecule has 2 unspecified atom stereocenters. The first-order valence-electron chi connectivity index (χ1n) is 15.7. The lowest BCUT2D eigenvalue weighted by Crippen LogP contribution is -2.29. The number of rotatable bonds is 12. The lowest BCUT2D eigenvalue weighted by molar-refractivity contribution is -0.0363. The molecule has 0 saturated heterocycles. The van der Waals surface area contributed by atoms with Crippen LogP contribution in [0.2, 0.25) is 0 Å². The highest BCUT2D eigenvalue weighted by Gasteiger charge is 2.45. The zero-order valence-corrected chi connectivity index (χ0v) is 25.0. The van der Waals surface area contributed by atoms with Gasteiger partial charge in [0.1, 0.15) is 30.8 Å². The number of hydrogen-bond donors (Lipinski definition) is 2. The third-order valence-corrected chi connectivity index (χ3v) is 8.96. The van der Waals surface area contributed by atoms with Gasteiger partial charge in [-0.05, 0) is 76.9 Å². The molecule has 2 N–H and O–H groups in total. The Kier molecular flexibility index (Phi) is 9.13. The number of benzene rings is 4. The van der Waals surface area contributed by atoms with E-state index in [-0.39, 0.29) is 19.3 Å². The number of aliphatic hydroxyl groups excluding tert-OH is 2. The van der Waals surface area contributed by atoms with E-state index in [1.54, 1.807) is 0 Å². The van der Waals surface area contributed by atoms with Crippen molar-refractivity contribution in [1.82, 2.24) is 0 Å². The largest absolute Gasteiger partial charge is 0.491 e. The molecule has 0 bridgehead atoms. The van der Waals surface area contributed by atoms with Crippen molar-refractivity contribution in [3.63, 3.8) is 0 Å². The summed E-state index contributed by atoms with van der Waals surface area (Å²) < 4.78 is 17.8. The molecule has 5 nitrogen and oxygen atoms in total. The fourth-order valence-corrected chi connectivity index (χ4v) is 6.66. The van der Waals surface area contributed by atoms with Crippen LogP contribution < -0.4 is 9.47 Å². The van der Waals surface area contributed by atoms with Crippen LogP contribution in [0.5, 0.6) is 11.5 Å². The molecule has 1 saturated carbocycles. The Bertz CT molecular complexity index is 1430. The maximum Gasteiger partial charge on any atom is 0.119 e. The number of fused-ring (bicyclic) bond motifs is 3. The Morgan fingerprint density at radius 2 is 1.12 bits per heavy atom. The Balaban J connectivity index is 1.28. The van der Waals surface area contributed by atoms with E-state index in [4.69, 9.17) is 14.2 Å². The van der Waals surface area contributed by atoms with Gasteiger partial charge in [0, 0.05) is 0 Å². The molecule has 0 amide bonds. The SMILES string of the molecule is CCC(O)COc1ccc(C2(c3ccc(OCC(O)COC4CCCCC4)cc3)c3ccccc3-c3ccccc32)cc1. The highest BCUT2D eigenvalue weighted by molar-refractivity contribution is 5.86. The summed E-state index contributed by atoms with van der Waals surface area (Å²) >= 11 is 0. The summed E-state index contributed by atoms with van der Waals surface area (Å²) in [5.41, 5.74) is 6.66. The molecule has 5 heteroatoms. The molecule has 224 valence electrons. The zero-order chi connectivity index (χ0) is 29.6. The predicted octanol–water partition coefficient (Wildman–Crippen LogP) is 7.29. The molecule has 2 aliphatic rings. The molecule has 0 radical (unpaired) electrons. The first-order valence-corrected chi connectivity index (χ1v) is 15.7. The molecule has 0 spiro atoms. The molecule has 2 atom stereocenters. The van der Waals surface area contributed by atoms with Crippen LogP contribution in [0.4, 0.5) is 0 Å². The van der Waals surface area contributed by atoms with Gasteiger partial charge >= 0.3 is 0 Å². The average Bonchev–Trinajstić information content (AvgIpc) is 3.37. The van der Waals surface area contributed by atoms with Crippen molar-refractivity contribution >= 4 is 0 Å². The molecule has 0 aromatic heterocycles. The summed E-state index contributed by atoms with van der Waals surface area (Å²) in [5.74, 6) is 1.45. The first kappa shape index (κ1) is 29.4. The summed E-state index contributed by atoms with van der Waals surface area (Å²) in [6.07, 6.45) is 5.64. The molecule has 4 aromatic carbocycles. The second-order valence-corrected chi connectivity index (χ2v) is 11.8. The molecule has 2 aliphatic carbocycles. The van der Waals surface area contributed by atoms with E-state index < -0.39 is 17.6 Å².